The number of hydrogen-bond donors (Lipinski definition) is 3. The van der Waals surface area contributed by atoms with Crippen molar-refractivity contribution in [3.63, 3.8) is 0 Å². The SMILES string of the molecule is Cc1ccc(NC(=O)CN(C)C(=O)C[NH+]2CC[NH+](Cc3cccs3)CC2)cc1. The fourth-order valence-corrected chi connectivity index (χ4v) is 4.24. The van der Waals surface area contributed by atoms with Gasteiger partial charge < -0.3 is 20.0 Å². The summed E-state index contributed by atoms with van der Waals surface area (Å²) in [6.07, 6.45) is 0. The zero-order chi connectivity index (χ0) is 19.9. The van der Waals surface area contributed by atoms with E-state index in [9.17, 15) is 9.59 Å². The highest BCUT2D eigenvalue weighted by Gasteiger charge is 2.26. The van der Waals surface area contributed by atoms with Gasteiger partial charge in [-0.05, 0) is 30.5 Å². The molecule has 0 atom stereocenters. The van der Waals surface area contributed by atoms with Gasteiger partial charge >= 0.3 is 0 Å². The lowest BCUT2D eigenvalue weighted by Crippen LogP contribution is -3.28. The Morgan fingerprint density at radius 1 is 1.07 bits per heavy atom. The standard InChI is InChI=1S/C21H28N4O2S/c1-17-5-7-18(8-6-17)22-20(26)15-23(2)21(27)16-25-11-9-24(10-12-25)14-19-4-3-13-28-19/h3-8,13H,9-12,14-16H2,1-2H3,(H,22,26)/p+2. The first-order chi connectivity index (χ1) is 13.5. The Morgan fingerprint density at radius 2 is 1.75 bits per heavy atom. The second-order valence-electron chi connectivity index (χ2n) is 7.60. The van der Waals surface area contributed by atoms with E-state index >= 15 is 0 Å². The van der Waals surface area contributed by atoms with Crippen LogP contribution in [0, 0.1) is 6.92 Å². The summed E-state index contributed by atoms with van der Waals surface area (Å²) < 4.78 is 0. The number of thiophene rings is 1. The Balaban J connectivity index is 1.38. The summed E-state index contributed by atoms with van der Waals surface area (Å²) in [7, 11) is 1.70. The molecule has 3 rings (SSSR count). The van der Waals surface area contributed by atoms with Crippen LogP contribution in [0.3, 0.4) is 0 Å². The van der Waals surface area contributed by atoms with Crippen LogP contribution in [0.25, 0.3) is 0 Å². The maximum absolute atomic E-state index is 12.5. The lowest BCUT2D eigenvalue weighted by Gasteiger charge is -2.30. The van der Waals surface area contributed by atoms with Gasteiger partial charge in [0.05, 0.1) is 11.4 Å². The number of nitrogens with one attached hydrogen (secondary N) is 3. The lowest BCUT2D eigenvalue weighted by molar-refractivity contribution is -1.02. The molecule has 2 amide bonds. The van der Waals surface area contributed by atoms with E-state index in [1.165, 1.54) is 14.7 Å². The van der Waals surface area contributed by atoms with Crippen LogP contribution in [0.15, 0.2) is 41.8 Å². The van der Waals surface area contributed by atoms with Crippen LogP contribution in [0.1, 0.15) is 10.4 Å². The van der Waals surface area contributed by atoms with Crippen molar-refractivity contribution in [2.45, 2.75) is 13.5 Å². The zero-order valence-corrected chi connectivity index (χ0v) is 17.5. The van der Waals surface area contributed by atoms with Crippen molar-refractivity contribution in [1.82, 2.24) is 4.90 Å². The van der Waals surface area contributed by atoms with Crippen molar-refractivity contribution >= 4 is 28.8 Å². The minimum Gasteiger partial charge on any atom is -0.332 e. The second kappa shape index (κ2) is 9.82. The van der Waals surface area contributed by atoms with Crippen LogP contribution in [-0.4, -0.2) is 63.0 Å². The third-order valence-electron chi connectivity index (χ3n) is 5.21. The monoisotopic (exact) mass is 402 g/mol. The number of nitrogens with zero attached hydrogens (tertiary/aromatic N) is 1. The molecule has 2 heterocycles. The predicted octanol–water partition coefficient (Wildman–Crippen LogP) is -0.563. The topological polar surface area (TPSA) is 58.3 Å². The van der Waals surface area contributed by atoms with Crippen molar-refractivity contribution in [3.8, 4) is 0 Å². The van der Waals surface area contributed by atoms with Crippen LogP contribution < -0.4 is 15.1 Å². The number of aryl methyl sites for hydroxylation is 1. The first-order valence-electron chi connectivity index (χ1n) is 9.79. The molecular formula is C21H30N4O2S+2. The zero-order valence-electron chi connectivity index (χ0n) is 16.7. The molecule has 3 N–H and O–H groups in total. The molecular weight excluding hydrogens is 372 g/mol. The van der Waals surface area contributed by atoms with Gasteiger partial charge in [-0.1, -0.05) is 23.8 Å². The van der Waals surface area contributed by atoms with Crippen LogP contribution in [0.4, 0.5) is 5.69 Å². The minimum atomic E-state index is -0.167. The number of piperazine rings is 1. The van der Waals surface area contributed by atoms with Gasteiger partial charge in [0.1, 0.15) is 32.7 Å². The molecule has 1 aliphatic rings. The summed E-state index contributed by atoms with van der Waals surface area (Å²) >= 11 is 1.81. The van der Waals surface area contributed by atoms with E-state index in [0.717, 1.165) is 44.0 Å². The van der Waals surface area contributed by atoms with Gasteiger partial charge in [0.2, 0.25) is 5.91 Å². The lowest BCUT2D eigenvalue weighted by atomic mass is 10.2. The highest BCUT2D eigenvalue weighted by molar-refractivity contribution is 7.09. The smallest absolute Gasteiger partial charge is 0.277 e. The molecule has 0 unspecified atom stereocenters. The van der Waals surface area contributed by atoms with Crippen molar-refractivity contribution in [2.24, 2.45) is 0 Å². The summed E-state index contributed by atoms with van der Waals surface area (Å²) in [5.74, 6) is -0.143. The number of amides is 2. The van der Waals surface area contributed by atoms with E-state index in [0.29, 0.717) is 6.54 Å². The van der Waals surface area contributed by atoms with Gasteiger partial charge in [-0.2, -0.15) is 0 Å². The van der Waals surface area contributed by atoms with Gasteiger partial charge in [-0.25, -0.2) is 0 Å². The molecule has 7 heteroatoms. The third-order valence-corrected chi connectivity index (χ3v) is 6.09. The summed E-state index contributed by atoms with van der Waals surface area (Å²) in [6.45, 7) is 7.78. The third kappa shape index (κ3) is 6.15. The summed E-state index contributed by atoms with van der Waals surface area (Å²) in [5.41, 5.74) is 1.90. The van der Waals surface area contributed by atoms with Gasteiger partial charge in [0, 0.05) is 12.7 Å². The number of benzene rings is 1. The molecule has 1 aromatic heterocycles. The number of hydrogen-bond acceptors (Lipinski definition) is 3. The fraction of sp³-hybridized carbons (Fsp3) is 0.429. The van der Waals surface area contributed by atoms with E-state index in [2.05, 4.69) is 22.8 Å². The fourth-order valence-electron chi connectivity index (χ4n) is 3.46. The maximum atomic E-state index is 12.5. The largest absolute Gasteiger partial charge is 0.332 e. The summed E-state index contributed by atoms with van der Waals surface area (Å²) in [5, 5.41) is 4.97. The molecule has 0 saturated carbocycles. The quantitative estimate of drug-likeness (QED) is 0.581. The molecule has 1 saturated heterocycles. The molecule has 1 aliphatic heterocycles. The summed E-state index contributed by atoms with van der Waals surface area (Å²) in [6, 6.07) is 11.9. The van der Waals surface area contributed by atoms with Crippen molar-refractivity contribution < 1.29 is 19.4 Å². The second-order valence-corrected chi connectivity index (χ2v) is 8.63. The molecule has 1 fully saturated rings. The number of rotatable bonds is 7. The molecule has 0 aliphatic carbocycles. The first-order valence-corrected chi connectivity index (χ1v) is 10.7. The molecule has 150 valence electrons. The van der Waals surface area contributed by atoms with E-state index < -0.39 is 0 Å². The maximum Gasteiger partial charge on any atom is 0.277 e. The molecule has 0 bridgehead atoms. The van der Waals surface area contributed by atoms with E-state index in [1.54, 1.807) is 11.9 Å². The number of carbonyl (C=O) groups excluding carboxylic acids is 2. The Bertz CT molecular complexity index is 768. The number of anilines is 1. The average Bonchev–Trinajstić information content (AvgIpc) is 3.18. The van der Waals surface area contributed by atoms with Gasteiger partial charge in [0.25, 0.3) is 5.91 Å². The van der Waals surface area contributed by atoms with Crippen molar-refractivity contribution in [3.05, 3.63) is 52.2 Å². The average molecular weight is 403 g/mol. The molecule has 0 radical (unpaired) electrons. The van der Waals surface area contributed by atoms with Crippen molar-refractivity contribution in [1.29, 1.82) is 0 Å². The van der Waals surface area contributed by atoms with Crippen LogP contribution in [0.5, 0.6) is 0 Å². The highest BCUT2D eigenvalue weighted by Crippen LogP contribution is 2.08. The Morgan fingerprint density at radius 3 is 2.39 bits per heavy atom. The Kier molecular flexibility index (Phi) is 7.19. The van der Waals surface area contributed by atoms with Crippen LogP contribution in [-0.2, 0) is 16.1 Å². The van der Waals surface area contributed by atoms with E-state index in [1.807, 2.05) is 42.5 Å². The molecule has 2 aromatic rings. The van der Waals surface area contributed by atoms with Gasteiger partial charge in [-0.3, -0.25) is 9.59 Å². The Hall–Kier alpha value is -2.22. The first kappa shape index (κ1) is 20.5. The normalized spacial score (nSPS) is 19.2. The van der Waals surface area contributed by atoms with Gasteiger partial charge in [0.15, 0.2) is 6.54 Å². The number of carbonyl (C=O) groups is 2. The van der Waals surface area contributed by atoms with Crippen LogP contribution >= 0.6 is 11.3 Å². The molecule has 0 spiro atoms. The number of quaternary nitrogens is 2. The van der Waals surface area contributed by atoms with Crippen molar-refractivity contribution in [2.75, 3.05) is 51.6 Å². The van der Waals surface area contributed by atoms with E-state index in [4.69, 9.17) is 0 Å². The van der Waals surface area contributed by atoms with Crippen LogP contribution in [0.2, 0.25) is 0 Å². The molecule has 28 heavy (non-hydrogen) atoms. The van der Waals surface area contributed by atoms with Gasteiger partial charge in [-0.15, -0.1) is 11.3 Å². The molecule has 1 aromatic carbocycles. The highest BCUT2D eigenvalue weighted by atomic mass is 32.1. The molecule has 6 nitrogen and oxygen atoms in total. The minimum absolute atomic E-state index is 0.0239. The predicted molar refractivity (Wildman–Crippen MR) is 112 cm³/mol. The number of likely N-dealkylation sites (N-methyl/N-ethyl adjacent to an activating group) is 1. The summed E-state index contributed by atoms with van der Waals surface area (Å²) in [4.78, 5) is 30.5. The Labute approximate surface area is 170 Å². The van der Waals surface area contributed by atoms with E-state index in [-0.39, 0.29) is 18.4 Å².